The molecule has 0 aliphatic rings. The molecule has 1 atom stereocenters. The summed E-state index contributed by atoms with van der Waals surface area (Å²) in [6, 6.07) is 13.1. The van der Waals surface area contributed by atoms with Crippen molar-refractivity contribution in [1.82, 2.24) is 25.3 Å². The number of benzene rings is 1. The van der Waals surface area contributed by atoms with E-state index in [0.29, 0.717) is 12.6 Å². The van der Waals surface area contributed by atoms with E-state index in [0.717, 1.165) is 31.2 Å². The number of hydrogen-bond donors (Lipinski definition) is 2. The second kappa shape index (κ2) is 11.9. The van der Waals surface area contributed by atoms with Gasteiger partial charge in [0.1, 0.15) is 0 Å². The molecule has 7 heteroatoms. The van der Waals surface area contributed by atoms with E-state index in [9.17, 15) is 0 Å². The van der Waals surface area contributed by atoms with Crippen LogP contribution in [-0.4, -0.2) is 47.3 Å². The van der Waals surface area contributed by atoms with Crippen LogP contribution in [-0.2, 0) is 20.1 Å². The molecule has 0 saturated carbocycles. The van der Waals surface area contributed by atoms with Gasteiger partial charge in [-0.05, 0) is 32.0 Å². The summed E-state index contributed by atoms with van der Waals surface area (Å²) < 4.78 is 1.86. The second-order valence-corrected chi connectivity index (χ2v) is 6.34. The van der Waals surface area contributed by atoms with Gasteiger partial charge in [-0.2, -0.15) is 5.10 Å². The van der Waals surface area contributed by atoms with Crippen LogP contribution in [0.25, 0.3) is 0 Å². The van der Waals surface area contributed by atoms with Gasteiger partial charge in [-0.1, -0.05) is 30.3 Å². The molecule has 144 valence electrons. The first-order chi connectivity index (χ1) is 12.1. The molecule has 0 amide bonds. The minimum absolute atomic E-state index is 0. The highest BCUT2D eigenvalue weighted by Gasteiger charge is 2.10. The Kier molecular flexibility index (Phi) is 10.3. The number of nitrogens with one attached hydrogen (secondary N) is 2. The number of rotatable bonds is 8. The van der Waals surface area contributed by atoms with E-state index in [1.807, 2.05) is 17.8 Å². The molecule has 2 aromatic rings. The van der Waals surface area contributed by atoms with E-state index in [1.54, 1.807) is 13.2 Å². The predicted molar refractivity (Wildman–Crippen MR) is 119 cm³/mol. The van der Waals surface area contributed by atoms with Crippen molar-refractivity contribution in [3.05, 3.63) is 53.9 Å². The van der Waals surface area contributed by atoms with Crippen LogP contribution in [0.1, 0.15) is 24.6 Å². The lowest BCUT2D eigenvalue weighted by Gasteiger charge is -2.25. The fraction of sp³-hybridized carbons (Fsp3) is 0.474. The summed E-state index contributed by atoms with van der Waals surface area (Å²) in [6.45, 7) is 4.82. The van der Waals surface area contributed by atoms with Crippen molar-refractivity contribution in [3.63, 3.8) is 0 Å². The number of halogens is 1. The average Bonchev–Trinajstić information content (AvgIpc) is 3.03. The van der Waals surface area contributed by atoms with Crippen molar-refractivity contribution >= 4 is 29.9 Å². The van der Waals surface area contributed by atoms with Gasteiger partial charge in [-0.25, -0.2) is 0 Å². The van der Waals surface area contributed by atoms with Gasteiger partial charge in [0.15, 0.2) is 5.96 Å². The summed E-state index contributed by atoms with van der Waals surface area (Å²) in [4.78, 5) is 6.66. The molecule has 0 radical (unpaired) electrons. The summed E-state index contributed by atoms with van der Waals surface area (Å²) in [5.74, 6) is 0.819. The Bertz CT molecular complexity index is 655. The highest BCUT2D eigenvalue weighted by atomic mass is 127. The first kappa shape index (κ1) is 22.4. The van der Waals surface area contributed by atoms with Crippen LogP contribution in [0, 0.1) is 0 Å². The molecule has 6 nitrogen and oxygen atoms in total. The fourth-order valence-electron chi connectivity index (χ4n) is 2.62. The molecule has 2 rings (SSSR count). The number of aryl methyl sites for hydroxylation is 1. The van der Waals surface area contributed by atoms with Gasteiger partial charge in [0.25, 0.3) is 0 Å². The van der Waals surface area contributed by atoms with Gasteiger partial charge in [0.05, 0.1) is 12.2 Å². The smallest absolute Gasteiger partial charge is 0.191 e. The van der Waals surface area contributed by atoms with Crippen LogP contribution in [0.3, 0.4) is 0 Å². The molecule has 1 aromatic heterocycles. The van der Waals surface area contributed by atoms with Crippen LogP contribution >= 0.6 is 24.0 Å². The lowest BCUT2D eigenvalue weighted by Crippen LogP contribution is -2.40. The number of aliphatic imine (C=N–C) groups is 1. The molecule has 2 N–H and O–H groups in total. The monoisotopic (exact) mass is 470 g/mol. The highest BCUT2D eigenvalue weighted by molar-refractivity contribution is 14.0. The molecule has 0 saturated heterocycles. The summed E-state index contributed by atoms with van der Waals surface area (Å²) in [5.41, 5.74) is 2.47. The average molecular weight is 470 g/mol. The molecule has 0 fully saturated rings. The number of aromatic nitrogens is 2. The summed E-state index contributed by atoms with van der Waals surface area (Å²) >= 11 is 0. The Labute approximate surface area is 174 Å². The lowest BCUT2D eigenvalue weighted by molar-refractivity contribution is 0.238. The molecule has 1 heterocycles. The first-order valence-electron chi connectivity index (χ1n) is 8.75. The van der Waals surface area contributed by atoms with Crippen molar-refractivity contribution < 1.29 is 0 Å². The number of hydrogen-bond acceptors (Lipinski definition) is 3. The van der Waals surface area contributed by atoms with Crippen LogP contribution in [0.4, 0.5) is 0 Å². The number of guanidine groups is 1. The van der Waals surface area contributed by atoms with E-state index in [2.05, 4.69) is 69.9 Å². The molecule has 26 heavy (non-hydrogen) atoms. The Balaban J connectivity index is 0.00000338. The molecule has 1 aromatic carbocycles. The second-order valence-electron chi connectivity index (χ2n) is 6.34. The van der Waals surface area contributed by atoms with Crippen LogP contribution < -0.4 is 10.6 Å². The van der Waals surface area contributed by atoms with Gasteiger partial charge in [-0.3, -0.25) is 14.6 Å². The number of nitrogens with zero attached hydrogens (tertiary/aromatic N) is 4. The third kappa shape index (κ3) is 7.33. The van der Waals surface area contributed by atoms with E-state index >= 15 is 0 Å². The van der Waals surface area contributed by atoms with E-state index < -0.39 is 0 Å². The third-order valence-electron chi connectivity index (χ3n) is 4.46. The fourth-order valence-corrected chi connectivity index (χ4v) is 2.62. The minimum Gasteiger partial charge on any atom is -0.356 e. The molecular formula is C19H31IN6. The van der Waals surface area contributed by atoms with Crippen molar-refractivity contribution in [1.29, 1.82) is 0 Å². The van der Waals surface area contributed by atoms with Gasteiger partial charge in [-0.15, -0.1) is 24.0 Å². The topological polar surface area (TPSA) is 57.5 Å². The summed E-state index contributed by atoms with van der Waals surface area (Å²) in [5, 5.41) is 10.9. The summed E-state index contributed by atoms with van der Waals surface area (Å²) in [6.07, 6.45) is 2.85. The van der Waals surface area contributed by atoms with Crippen LogP contribution in [0.5, 0.6) is 0 Å². The Morgan fingerprint density at radius 3 is 2.58 bits per heavy atom. The zero-order valence-corrected chi connectivity index (χ0v) is 18.5. The molecule has 1 unspecified atom stereocenters. The maximum atomic E-state index is 4.28. The van der Waals surface area contributed by atoms with Crippen molar-refractivity contribution in [2.75, 3.05) is 20.6 Å². The normalized spacial score (nSPS) is 12.6. The van der Waals surface area contributed by atoms with Crippen molar-refractivity contribution in [2.24, 2.45) is 12.0 Å². The Morgan fingerprint density at radius 2 is 1.96 bits per heavy atom. The molecule has 0 aliphatic heterocycles. The molecular weight excluding hydrogens is 439 g/mol. The van der Waals surface area contributed by atoms with Gasteiger partial charge in [0.2, 0.25) is 0 Å². The van der Waals surface area contributed by atoms with E-state index in [1.165, 1.54) is 5.56 Å². The third-order valence-corrected chi connectivity index (χ3v) is 4.46. The highest BCUT2D eigenvalue weighted by Crippen LogP contribution is 2.07. The van der Waals surface area contributed by atoms with Crippen LogP contribution in [0.2, 0.25) is 0 Å². The molecule has 0 bridgehead atoms. The first-order valence-corrected chi connectivity index (χ1v) is 8.75. The lowest BCUT2D eigenvalue weighted by atomic mass is 10.1. The zero-order chi connectivity index (χ0) is 18.1. The van der Waals surface area contributed by atoms with Gasteiger partial charge in [0, 0.05) is 39.4 Å². The predicted octanol–water partition coefficient (Wildman–Crippen LogP) is 2.61. The minimum atomic E-state index is 0. The van der Waals surface area contributed by atoms with E-state index in [-0.39, 0.29) is 24.0 Å². The molecule has 0 spiro atoms. The van der Waals surface area contributed by atoms with Crippen molar-refractivity contribution in [2.45, 2.75) is 32.5 Å². The Hall–Kier alpha value is -1.61. The summed E-state index contributed by atoms with van der Waals surface area (Å²) in [7, 11) is 5.91. The largest absolute Gasteiger partial charge is 0.356 e. The maximum absolute atomic E-state index is 4.28. The van der Waals surface area contributed by atoms with Crippen molar-refractivity contribution in [3.8, 4) is 0 Å². The van der Waals surface area contributed by atoms with E-state index in [4.69, 9.17) is 0 Å². The standard InChI is InChI=1S/C19H30N6.HI/c1-16(24(3)15-17-8-6-5-7-9-17)10-12-21-19(20-2)22-14-18-11-13-23-25(18)4;/h5-9,11,13,16H,10,12,14-15H2,1-4H3,(H2,20,21,22);1H. The Morgan fingerprint density at radius 1 is 1.23 bits per heavy atom. The molecule has 0 aliphatic carbocycles. The maximum Gasteiger partial charge on any atom is 0.191 e. The van der Waals surface area contributed by atoms with Gasteiger partial charge >= 0.3 is 0 Å². The SMILES string of the molecule is CN=C(NCCC(C)N(C)Cc1ccccc1)NCc1ccnn1C.I. The quantitative estimate of drug-likeness (QED) is 0.354. The van der Waals surface area contributed by atoms with Gasteiger partial charge < -0.3 is 10.6 Å². The zero-order valence-electron chi connectivity index (χ0n) is 16.1. The van der Waals surface area contributed by atoms with Crippen LogP contribution in [0.15, 0.2) is 47.6 Å².